The molecule has 1 heterocycles. The second-order valence-electron chi connectivity index (χ2n) is 8.94. The van der Waals surface area contributed by atoms with E-state index in [4.69, 9.17) is 9.47 Å². The van der Waals surface area contributed by atoms with Gasteiger partial charge in [-0.2, -0.15) is 18.2 Å². The van der Waals surface area contributed by atoms with Crippen molar-refractivity contribution in [2.24, 2.45) is 0 Å². The summed E-state index contributed by atoms with van der Waals surface area (Å²) in [6.45, 7) is 4.02. The van der Waals surface area contributed by atoms with Crippen molar-refractivity contribution in [2.45, 2.75) is 70.8 Å². The van der Waals surface area contributed by atoms with Crippen molar-refractivity contribution < 1.29 is 22.6 Å². The molecule has 36 heavy (non-hydrogen) atoms. The molecule has 0 saturated heterocycles. The van der Waals surface area contributed by atoms with Crippen molar-refractivity contribution in [1.82, 2.24) is 9.97 Å². The number of nitrogens with one attached hydrogen (secondary N) is 2. The molecule has 9 heteroatoms. The normalized spacial score (nSPS) is 15.2. The van der Waals surface area contributed by atoms with Gasteiger partial charge in [0.2, 0.25) is 5.95 Å². The van der Waals surface area contributed by atoms with Gasteiger partial charge in [0.25, 0.3) is 0 Å². The molecule has 0 spiro atoms. The van der Waals surface area contributed by atoms with Gasteiger partial charge in [-0.25, -0.2) is 4.98 Å². The average molecular weight is 501 g/mol. The van der Waals surface area contributed by atoms with Crippen LogP contribution in [0.1, 0.15) is 57.9 Å². The Morgan fingerprint density at radius 2 is 1.72 bits per heavy atom. The summed E-state index contributed by atoms with van der Waals surface area (Å²) in [7, 11) is 0. The molecule has 0 aliphatic heterocycles. The Kier molecular flexibility index (Phi) is 8.18. The molecule has 1 unspecified atom stereocenters. The minimum absolute atomic E-state index is 0.0341. The first-order chi connectivity index (χ1) is 17.3. The molecule has 192 valence electrons. The Bertz CT molecular complexity index is 1130. The Morgan fingerprint density at radius 3 is 2.42 bits per heavy atom. The third-order valence-electron chi connectivity index (χ3n) is 6.10. The van der Waals surface area contributed by atoms with E-state index in [0.29, 0.717) is 22.9 Å². The Labute approximate surface area is 209 Å². The number of benzene rings is 2. The van der Waals surface area contributed by atoms with Gasteiger partial charge in [-0.15, -0.1) is 0 Å². The van der Waals surface area contributed by atoms with Crippen LogP contribution in [-0.2, 0) is 6.18 Å². The number of ether oxygens (including phenoxy) is 2. The fraction of sp³-hybridized carbons (Fsp3) is 0.407. The lowest BCUT2D eigenvalue weighted by molar-refractivity contribution is -0.137. The van der Waals surface area contributed by atoms with E-state index in [9.17, 15) is 13.2 Å². The molecule has 4 rings (SSSR count). The van der Waals surface area contributed by atoms with E-state index in [1.165, 1.54) is 6.42 Å². The van der Waals surface area contributed by atoms with Crippen molar-refractivity contribution >= 4 is 23.1 Å². The van der Waals surface area contributed by atoms with Crippen LogP contribution in [0.3, 0.4) is 0 Å². The molecule has 2 N–H and O–H groups in total. The maximum atomic E-state index is 13.8. The quantitative estimate of drug-likeness (QED) is 0.312. The van der Waals surface area contributed by atoms with E-state index in [-0.39, 0.29) is 24.0 Å². The second-order valence-corrected chi connectivity index (χ2v) is 8.94. The van der Waals surface area contributed by atoms with E-state index in [0.717, 1.165) is 38.3 Å². The smallest absolute Gasteiger partial charge is 0.421 e. The van der Waals surface area contributed by atoms with E-state index in [1.54, 1.807) is 48.5 Å². The molecule has 6 nitrogen and oxygen atoms in total. The number of para-hydroxylation sites is 2. The summed E-state index contributed by atoms with van der Waals surface area (Å²) < 4.78 is 53.2. The highest BCUT2D eigenvalue weighted by Gasteiger charge is 2.35. The summed E-state index contributed by atoms with van der Waals surface area (Å²) in [5.74, 6) is 0.894. The zero-order valence-corrected chi connectivity index (χ0v) is 20.4. The number of alkyl halides is 3. The topological polar surface area (TPSA) is 68.3 Å². The molecule has 3 aromatic rings. The van der Waals surface area contributed by atoms with Crippen molar-refractivity contribution in [3.05, 3.63) is 60.3 Å². The van der Waals surface area contributed by atoms with E-state index >= 15 is 0 Å². The molecule has 1 saturated carbocycles. The van der Waals surface area contributed by atoms with Gasteiger partial charge in [-0.1, -0.05) is 25.5 Å². The predicted octanol–water partition coefficient (Wildman–Crippen LogP) is 7.87. The van der Waals surface area contributed by atoms with Gasteiger partial charge in [0.05, 0.1) is 17.9 Å². The standard InChI is InChI=1S/C27H31F3N4O2/c1-3-18(2)35-21-15-13-19(14-16-21)32-26-31-17-22(27(28,29)30)25(34-26)33-23-11-7-8-12-24(23)36-20-9-5-4-6-10-20/h7-8,11-18,20H,3-6,9-10H2,1-2H3,(H2,31,32,33,34). The molecule has 1 fully saturated rings. The summed E-state index contributed by atoms with van der Waals surface area (Å²) in [6, 6.07) is 14.1. The first kappa shape index (κ1) is 25.6. The third kappa shape index (κ3) is 6.80. The van der Waals surface area contributed by atoms with Crippen molar-refractivity contribution in [1.29, 1.82) is 0 Å². The third-order valence-corrected chi connectivity index (χ3v) is 6.10. The average Bonchev–Trinajstić information content (AvgIpc) is 2.86. The van der Waals surface area contributed by atoms with Crippen LogP contribution >= 0.6 is 0 Å². The highest BCUT2D eigenvalue weighted by Crippen LogP contribution is 2.38. The van der Waals surface area contributed by atoms with Gasteiger partial charge < -0.3 is 20.1 Å². The minimum atomic E-state index is -4.63. The minimum Gasteiger partial charge on any atom is -0.491 e. The summed E-state index contributed by atoms with van der Waals surface area (Å²) in [6.07, 6.45) is 2.39. The summed E-state index contributed by atoms with van der Waals surface area (Å²) >= 11 is 0. The van der Waals surface area contributed by atoms with E-state index in [2.05, 4.69) is 20.6 Å². The molecule has 0 bridgehead atoms. The lowest BCUT2D eigenvalue weighted by Gasteiger charge is -2.24. The Morgan fingerprint density at radius 1 is 1.00 bits per heavy atom. The Hall–Kier alpha value is -3.49. The zero-order chi connectivity index (χ0) is 25.5. The monoisotopic (exact) mass is 500 g/mol. The van der Waals surface area contributed by atoms with Crippen molar-refractivity contribution in [2.75, 3.05) is 10.6 Å². The molecule has 1 atom stereocenters. The van der Waals surface area contributed by atoms with Gasteiger partial charge >= 0.3 is 6.18 Å². The number of anilines is 4. The highest BCUT2D eigenvalue weighted by atomic mass is 19.4. The van der Waals surface area contributed by atoms with Crippen LogP contribution < -0.4 is 20.1 Å². The van der Waals surface area contributed by atoms with Crippen molar-refractivity contribution in [3.63, 3.8) is 0 Å². The first-order valence-corrected chi connectivity index (χ1v) is 12.3. The van der Waals surface area contributed by atoms with Gasteiger partial charge in [0.15, 0.2) is 0 Å². The van der Waals surface area contributed by atoms with Gasteiger partial charge in [0, 0.05) is 11.9 Å². The van der Waals surface area contributed by atoms with Crippen molar-refractivity contribution in [3.8, 4) is 11.5 Å². The number of halogens is 3. The van der Waals surface area contributed by atoms with Crippen LogP contribution in [0, 0.1) is 0 Å². The molecule has 1 aliphatic carbocycles. The number of hydrogen-bond donors (Lipinski definition) is 2. The molecule has 0 radical (unpaired) electrons. The summed E-state index contributed by atoms with van der Waals surface area (Å²) in [5, 5.41) is 5.81. The molecular weight excluding hydrogens is 469 g/mol. The first-order valence-electron chi connectivity index (χ1n) is 12.3. The molecular formula is C27H31F3N4O2. The fourth-order valence-electron chi connectivity index (χ4n) is 3.97. The lowest BCUT2D eigenvalue weighted by Crippen LogP contribution is -2.20. The van der Waals surface area contributed by atoms with Crippen LogP contribution in [0.4, 0.5) is 36.3 Å². The lowest BCUT2D eigenvalue weighted by atomic mass is 9.98. The van der Waals surface area contributed by atoms with Crippen LogP contribution in [0.2, 0.25) is 0 Å². The second kappa shape index (κ2) is 11.5. The number of aromatic nitrogens is 2. The maximum Gasteiger partial charge on any atom is 0.421 e. The molecule has 1 aliphatic rings. The number of rotatable bonds is 9. The van der Waals surface area contributed by atoms with Crippen LogP contribution in [0.25, 0.3) is 0 Å². The SMILES string of the molecule is CCC(C)Oc1ccc(Nc2ncc(C(F)(F)F)c(Nc3ccccc3OC3CCCCC3)n2)cc1. The highest BCUT2D eigenvalue weighted by molar-refractivity contribution is 5.67. The van der Waals surface area contributed by atoms with Gasteiger partial charge in [-0.3, -0.25) is 0 Å². The fourth-order valence-corrected chi connectivity index (χ4v) is 3.97. The van der Waals surface area contributed by atoms with Gasteiger partial charge in [0.1, 0.15) is 22.9 Å². The molecule has 1 aromatic heterocycles. The number of hydrogen-bond acceptors (Lipinski definition) is 6. The van der Waals surface area contributed by atoms with E-state index < -0.39 is 11.7 Å². The Balaban J connectivity index is 1.56. The molecule has 2 aromatic carbocycles. The van der Waals surface area contributed by atoms with Gasteiger partial charge in [-0.05, 0) is 75.4 Å². The van der Waals surface area contributed by atoms with Crippen LogP contribution in [0.5, 0.6) is 11.5 Å². The predicted molar refractivity (Wildman–Crippen MR) is 134 cm³/mol. The number of nitrogens with zero attached hydrogens (tertiary/aromatic N) is 2. The summed E-state index contributed by atoms with van der Waals surface area (Å²) in [5.41, 5.74) is 0.0841. The summed E-state index contributed by atoms with van der Waals surface area (Å²) in [4.78, 5) is 8.06. The van der Waals surface area contributed by atoms with Crippen LogP contribution in [0.15, 0.2) is 54.7 Å². The van der Waals surface area contributed by atoms with Crippen LogP contribution in [-0.4, -0.2) is 22.2 Å². The largest absolute Gasteiger partial charge is 0.491 e. The zero-order valence-electron chi connectivity index (χ0n) is 20.4. The van der Waals surface area contributed by atoms with E-state index in [1.807, 2.05) is 13.8 Å². The molecule has 0 amide bonds. The maximum absolute atomic E-state index is 13.8.